The lowest BCUT2D eigenvalue weighted by Gasteiger charge is -2.08. The highest BCUT2D eigenvalue weighted by atomic mass is 79.9. The summed E-state index contributed by atoms with van der Waals surface area (Å²) in [5.41, 5.74) is 11.3. The average Bonchev–Trinajstić information content (AvgIpc) is 2.78. The van der Waals surface area contributed by atoms with Crippen LogP contribution in [0.5, 0.6) is 0 Å². The normalized spacial score (nSPS) is 10.8. The van der Waals surface area contributed by atoms with Gasteiger partial charge in [-0.25, -0.2) is 0 Å². The molecule has 0 aliphatic rings. The number of nitrogens with two attached hydrogens (primary N) is 1. The summed E-state index contributed by atoms with van der Waals surface area (Å²) >= 11 is 3.57. The first kappa shape index (κ1) is 13.8. The van der Waals surface area contributed by atoms with Crippen LogP contribution in [-0.2, 0) is 7.05 Å². The molecule has 0 aliphatic carbocycles. The van der Waals surface area contributed by atoms with Gasteiger partial charge in [-0.2, -0.15) is 5.10 Å². The molecule has 2 heterocycles. The van der Waals surface area contributed by atoms with Crippen molar-refractivity contribution in [2.75, 3.05) is 5.73 Å². The fraction of sp³-hybridized carbons (Fsp3) is 0.125. The van der Waals surface area contributed by atoms with Crippen molar-refractivity contribution in [2.24, 2.45) is 7.05 Å². The second-order valence-electron chi connectivity index (χ2n) is 4.88. The van der Waals surface area contributed by atoms with Gasteiger partial charge in [0.2, 0.25) is 0 Å². The molecule has 0 spiro atoms. The highest BCUT2D eigenvalue weighted by Gasteiger charge is 2.19. The quantitative estimate of drug-likeness (QED) is 0.770. The molecule has 21 heavy (non-hydrogen) atoms. The summed E-state index contributed by atoms with van der Waals surface area (Å²) in [6.45, 7) is 2.07. The van der Waals surface area contributed by atoms with Gasteiger partial charge in [0.25, 0.3) is 0 Å². The first-order valence-corrected chi connectivity index (χ1v) is 7.37. The minimum absolute atomic E-state index is 0.649. The van der Waals surface area contributed by atoms with Gasteiger partial charge >= 0.3 is 0 Å². The SMILES string of the molecule is Cc1c(Br)cccc1-c1nn(C)c(N)c1-c1ccncc1. The molecule has 0 bridgehead atoms. The molecule has 0 radical (unpaired) electrons. The predicted octanol–water partition coefficient (Wildman–Crippen LogP) is 3.80. The number of rotatable bonds is 2. The Kier molecular flexibility index (Phi) is 3.51. The van der Waals surface area contributed by atoms with Gasteiger partial charge in [-0.05, 0) is 36.2 Å². The molecule has 0 amide bonds. The maximum absolute atomic E-state index is 6.23. The number of anilines is 1. The van der Waals surface area contributed by atoms with Crippen molar-refractivity contribution in [3.8, 4) is 22.4 Å². The van der Waals surface area contributed by atoms with Crippen molar-refractivity contribution in [2.45, 2.75) is 6.92 Å². The highest BCUT2D eigenvalue weighted by molar-refractivity contribution is 9.10. The van der Waals surface area contributed by atoms with Crippen molar-refractivity contribution >= 4 is 21.7 Å². The summed E-state index contributed by atoms with van der Waals surface area (Å²) in [4.78, 5) is 4.07. The van der Waals surface area contributed by atoms with Crippen LogP contribution in [0.3, 0.4) is 0 Å². The summed E-state index contributed by atoms with van der Waals surface area (Å²) in [6.07, 6.45) is 3.53. The summed E-state index contributed by atoms with van der Waals surface area (Å²) < 4.78 is 2.77. The van der Waals surface area contributed by atoms with Crippen LogP contribution in [0.25, 0.3) is 22.4 Å². The van der Waals surface area contributed by atoms with E-state index in [1.165, 1.54) is 0 Å². The Balaban J connectivity index is 2.30. The molecular weight excluding hydrogens is 328 g/mol. The van der Waals surface area contributed by atoms with Crippen molar-refractivity contribution in [3.63, 3.8) is 0 Å². The Hall–Kier alpha value is -2.14. The van der Waals surface area contributed by atoms with E-state index >= 15 is 0 Å². The van der Waals surface area contributed by atoms with Gasteiger partial charge in [-0.3, -0.25) is 9.67 Å². The minimum Gasteiger partial charge on any atom is -0.383 e. The molecule has 0 saturated carbocycles. The second-order valence-corrected chi connectivity index (χ2v) is 5.74. The Morgan fingerprint density at radius 1 is 1.14 bits per heavy atom. The lowest BCUT2D eigenvalue weighted by molar-refractivity contribution is 0.782. The van der Waals surface area contributed by atoms with Crippen LogP contribution >= 0.6 is 15.9 Å². The molecule has 0 saturated heterocycles. The molecule has 0 atom stereocenters. The third kappa shape index (κ3) is 2.34. The van der Waals surface area contributed by atoms with Crippen LogP contribution in [0.15, 0.2) is 47.2 Å². The van der Waals surface area contributed by atoms with Crippen LogP contribution in [0.4, 0.5) is 5.82 Å². The number of hydrogen-bond acceptors (Lipinski definition) is 3. The zero-order valence-corrected chi connectivity index (χ0v) is 13.4. The summed E-state index contributed by atoms with van der Waals surface area (Å²) in [7, 11) is 1.86. The number of halogens is 1. The largest absolute Gasteiger partial charge is 0.383 e. The van der Waals surface area contributed by atoms with Crippen LogP contribution in [0.1, 0.15) is 5.56 Å². The van der Waals surface area contributed by atoms with E-state index < -0.39 is 0 Å². The Bertz CT molecular complexity index is 794. The van der Waals surface area contributed by atoms with Crippen LogP contribution in [0.2, 0.25) is 0 Å². The van der Waals surface area contributed by atoms with E-state index in [9.17, 15) is 0 Å². The summed E-state index contributed by atoms with van der Waals surface area (Å²) in [5, 5.41) is 4.61. The van der Waals surface area contributed by atoms with E-state index in [1.54, 1.807) is 17.1 Å². The number of nitrogen functional groups attached to an aromatic ring is 1. The van der Waals surface area contributed by atoms with Crippen LogP contribution in [-0.4, -0.2) is 14.8 Å². The molecule has 2 N–H and O–H groups in total. The molecule has 5 heteroatoms. The Labute approximate surface area is 131 Å². The monoisotopic (exact) mass is 342 g/mol. The first-order valence-electron chi connectivity index (χ1n) is 6.58. The molecule has 106 valence electrons. The first-order chi connectivity index (χ1) is 10.1. The van der Waals surface area contributed by atoms with Crippen molar-refractivity contribution in [1.82, 2.24) is 14.8 Å². The molecule has 1 aromatic carbocycles. The topological polar surface area (TPSA) is 56.7 Å². The highest BCUT2D eigenvalue weighted by Crippen LogP contribution is 2.38. The molecule has 0 fully saturated rings. The van der Waals surface area contributed by atoms with Gasteiger partial charge in [-0.15, -0.1) is 0 Å². The maximum atomic E-state index is 6.23. The molecule has 2 aromatic heterocycles. The van der Waals surface area contributed by atoms with Gasteiger partial charge in [0.15, 0.2) is 0 Å². The lowest BCUT2D eigenvalue weighted by atomic mass is 9.98. The van der Waals surface area contributed by atoms with Crippen molar-refractivity contribution < 1.29 is 0 Å². The number of aryl methyl sites for hydroxylation is 1. The van der Waals surface area contributed by atoms with Crippen molar-refractivity contribution in [3.05, 3.63) is 52.8 Å². The number of hydrogen-bond donors (Lipinski definition) is 1. The Morgan fingerprint density at radius 2 is 1.86 bits per heavy atom. The maximum Gasteiger partial charge on any atom is 0.129 e. The van der Waals surface area contributed by atoms with Crippen molar-refractivity contribution in [1.29, 1.82) is 0 Å². The molecule has 0 aliphatic heterocycles. The number of pyridine rings is 1. The average molecular weight is 343 g/mol. The standard InChI is InChI=1S/C16H15BrN4/c1-10-12(4-3-5-13(10)17)15-14(16(18)21(2)20-15)11-6-8-19-9-7-11/h3-9H,18H2,1-2H3. The zero-order valence-electron chi connectivity index (χ0n) is 11.8. The van der Waals surface area contributed by atoms with E-state index in [0.717, 1.165) is 32.4 Å². The fourth-order valence-corrected chi connectivity index (χ4v) is 2.76. The minimum atomic E-state index is 0.649. The lowest BCUT2D eigenvalue weighted by Crippen LogP contribution is -1.97. The van der Waals surface area contributed by atoms with Crippen LogP contribution < -0.4 is 5.73 Å². The summed E-state index contributed by atoms with van der Waals surface area (Å²) in [6, 6.07) is 9.99. The van der Waals surface area contributed by atoms with Gasteiger partial charge in [0, 0.05) is 29.5 Å². The van der Waals surface area contributed by atoms with Crippen LogP contribution in [0, 0.1) is 6.92 Å². The molecular formula is C16H15BrN4. The van der Waals surface area contributed by atoms with Gasteiger partial charge in [0.05, 0.1) is 5.56 Å². The number of nitrogens with zero attached hydrogens (tertiary/aromatic N) is 3. The molecule has 0 unspecified atom stereocenters. The van der Waals surface area contributed by atoms with E-state index in [1.807, 2.05) is 31.3 Å². The Morgan fingerprint density at radius 3 is 2.57 bits per heavy atom. The third-order valence-corrected chi connectivity index (χ3v) is 4.44. The van der Waals surface area contributed by atoms with E-state index in [-0.39, 0.29) is 0 Å². The number of aromatic nitrogens is 3. The fourth-order valence-electron chi connectivity index (χ4n) is 2.39. The molecule has 3 rings (SSSR count). The zero-order chi connectivity index (χ0) is 15.0. The smallest absolute Gasteiger partial charge is 0.129 e. The molecule has 4 nitrogen and oxygen atoms in total. The van der Waals surface area contributed by atoms with E-state index in [2.05, 4.69) is 39.0 Å². The van der Waals surface area contributed by atoms with Gasteiger partial charge < -0.3 is 5.73 Å². The number of benzene rings is 1. The van der Waals surface area contributed by atoms with E-state index in [4.69, 9.17) is 5.73 Å². The van der Waals surface area contributed by atoms with E-state index in [0.29, 0.717) is 5.82 Å². The summed E-state index contributed by atoms with van der Waals surface area (Å²) in [5.74, 6) is 0.649. The predicted molar refractivity (Wildman–Crippen MR) is 88.7 cm³/mol. The second kappa shape index (κ2) is 5.33. The van der Waals surface area contributed by atoms with Gasteiger partial charge in [-0.1, -0.05) is 28.1 Å². The third-order valence-electron chi connectivity index (χ3n) is 3.58. The molecule has 3 aromatic rings. The van der Waals surface area contributed by atoms with Gasteiger partial charge in [0.1, 0.15) is 11.5 Å².